The van der Waals surface area contributed by atoms with Gasteiger partial charge in [-0.3, -0.25) is 9.59 Å². The van der Waals surface area contributed by atoms with Gasteiger partial charge in [-0.15, -0.1) is 10.1 Å². The fourth-order valence-electron chi connectivity index (χ4n) is 8.35. The standard InChI is InChI=1S/C29H35NO9/c1-27-11-9-20(31)13-19(27)7-8-21-22-10-12-29(35,28(22,2)14-23(32)25(21)27)24(33)16-38-26(34)18-5-3-17(4-6-18)15-39-30(36)37/h3-6,13,21-23,25,32,35H,7-12,14-16H2,1-2H3/t21-,22-,23?,25+,27-,28-,29-/m0/s1. The van der Waals surface area contributed by atoms with Crippen LogP contribution in [0.3, 0.4) is 0 Å². The number of carbonyl (C=O) groups is 3. The maximum Gasteiger partial charge on any atom is 0.338 e. The van der Waals surface area contributed by atoms with Crippen molar-refractivity contribution in [2.75, 3.05) is 6.61 Å². The number of esters is 1. The van der Waals surface area contributed by atoms with Crippen LogP contribution in [0.15, 0.2) is 35.9 Å². The number of ether oxygens (including phenoxy) is 1. The van der Waals surface area contributed by atoms with Gasteiger partial charge in [0.15, 0.2) is 12.4 Å². The van der Waals surface area contributed by atoms with E-state index in [-0.39, 0.29) is 54.0 Å². The molecule has 1 unspecified atom stereocenters. The van der Waals surface area contributed by atoms with Crippen LogP contribution < -0.4 is 0 Å². The van der Waals surface area contributed by atoms with Gasteiger partial charge in [0.25, 0.3) is 5.09 Å². The van der Waals surface area contributed by atoms with Gasteiger partial charge in [-0.1, -0.05) is 31.6 Å². The Labute approximate surface area is 226 Å². The second kappa shape index (κ2) is 9.82. The van der Waals surface area contributed by atoms with Crippen LogP contribution in [0.25, 0.3) is 0 Å². The number of rotatable bonds is 7. The van der Waals surface area contributed by atoms with Gasteiger partial charge in [0.05, 0.1) is 11.7 Å². The van der Waals surface area contributed by atoms with E-state index in [9.17, 15) is 34.7 Å². The summed E-state index contributed by atoms with van der Waals surface area (Å²) < 4.78 is 5.27. The zero-order valence-corrected chi connectivity index (χ0v) is 22.3. The van der Waals surface area contributed by atoms with E-state index in [2.05, 4.69) is 11.8 Å². The molecule has 5 rings (SSSR count). The molecule has 2 N–H and O–H groups in total. The Balaban J connectivity index is 1.28. The van der Waals surface area contributed by atoms with E-state index >= 15 is 0 Å². The van der Waals surface area contributed by atoms with Gasteiger partial charge in [-0.25, -0.2) is 4.79 Å². The Morgan fingerprint density at radius 2 is 1.85 bits per heavy atom. The van der Waals surface area contributed by atoms with Crippen molar-refractivity contribution in [1.29, 1.82) is 0 Å². The first-order valence-corrected chi connectivity index (χ1v) is 13.6. The van der Waals surface area contributed by atoms with Crippen LogP contribution in [0, 0.1) is 38.7 Å². The monoisotopic (exact) mass is 541 g/mol. The normalized spacial score (nSPS) is 37.1. The number of hydrogen-bond donors (Lipinski definition) is 2. The van der Waals surface area contributed by atoms with E-state index in [1.807, 2.05) is 6.92 Å². The van der Waals surface area contributed by atoms with Gasteiger partial charge in [0.1, 0.15) is 12.2 Å². The van der Waals surface area contributed by atoms with Crippen LogP contribution in [-0.4, -0.2) is 51.1 Å². The van der Waals surface area contributed by atoms with Gasteiger partial charge in [0, 0.05) is 11.8 Å². The molecule has 0 spiro atoms. The molecule has 210 valence electrons. The molecule has 0 aromatic heterocycles. The van der Waals surface area contributed by atoms with Gasteiger partial charge in [0.2, 0.25) is 5.78 Å². The number of allylic oxidation sites excluding steroid dienone is 1. The van der Waals surface area contributed by atoms with Crippen molar-refractivity contribution in [2.24, 2.45) is 28.6 Å². The lowest BCUT2D eigenvalue weighted by Gasteiger charge is -2.60. The van der Waals surface area contributed by atoms with Gasteiger partial charge >= 0.3 is 5.97 Å². The highest BCUT2D eigenvalue weighted by molar-refractivity contribution is 5.94. The summed E-state index contributed by atoms with van der Waals surface area (Å²) in [6.45, 7) is 3.19. The first-order valence-electron chi connectivity index (χ1n) is 13.6. The van der Waals surface area contributed by atoms with Crippen molar-refractivity contribution in [3.05, 3.63) is 57.2 Å². The summed E-state index contributed by atoms with van der Waals surface area (Å²) in [5.74, 6) is -1.06. The zero-order valence-electron chi connectivity index (χ0n) is 22.3. The minimum atomic E-state index is -1.73. The first kappa shape index (κ1) is 27.5. The van der Waals surface area contributed by atoms with Gasteiger partial charge in [-0.05, 0) is 85.5 Å². The van der Waals surface area contributed by atoms with E-state index in [1.54, 1.807) is 6.08 Å². The Morgan fingerprint density at radius 3 is 2.54 bits per heavy atom. The minimum absolute atomic E-state index is 0.0282. The third-order valence-corrected chi connectivity index (χ3v) is 10.4. The lowest BCUT2D eigenvalue weighted by Crippen LogP contribution is -2.62. The van der Waals surface area contributed by atoms with Crippen LogP contribution in [0.5, 0.6) is 0 Å². The van der Waals surface area contributed by atoms with Crippen molar-refractivity contribution in [3.63, 3.8) is 0 Å². The molecule has 0 amide bonds. The van der Waals surface area contributed by atoms with Crippen LogP contribution >= 0.6 is 0 Å². The summed E-state index contributed by atoms with van der Waals surface area (Å²) in [5, 5.41) is 32.7. The molecule has 4 aliphatic rings. The minimum Gasteiger partial charge on any atom is -0.454 e. The predicted molar refractivity (Wildman–Crippen MR) is 137 cm³/mol. The first-order chi connectivity index (χ1) is 18.4. The second-order valence-electron chi connectivity index (χ2n) is 12.2. The van der Waals surface area contributed by atoms with E-state index in [4.69, 9.17) is 4.74 Å². The lowest BCUT2D eigenvalue weighted by molar-refractivity contribution is -0.763. The third kappa shape index (κ3) is 4.47. The molecule has 0 heterocycles. The molecule has 1 aromatic rings. The molecule has 3 saturated carbocycles. The van der Waals surface area contributed by atoms with Crippen molar-refractivity contribution in [2.45, 2.75) is 77.1 Å². The second-order valence-corrected chi connectivity index (χ2v) is 12.2. The summed E-state index contributed by atoms with van der Waals surface area (Å²) in [6.07, 6.45) is 4.96. The molecule has 0 aliphatic heterocycles. The summed E-state index contributed by atoms with van der Waals surface area (Å²) in [4.78, 5) is 52.7. The lowest BCUT2D eigenvalue weighted by atomic mass is 9.45. The maximum absolute atomic E-state index is 13.4. The van der Waals surface area contributed by atoms with Crippen LogP contribution in [-0.2, 0) is 25.8 Å². The SMILES string of the molecule is C[C@]12CCC(=O)C=C1CC[C@@H]1[C@@H]2C(O)C[C@@]2(C)[C@H]1CC[C@]2(O)C(=O)COC(=O)c1ccc(CO[N+](=O)[O-])cc1. The number of aliphatic hydroxyl groups excluding tert-OH is 1. The molecular weight excluding hydrogens is 506 g/mol. The molecule has 39 heavy (non-hydrogen) atoms. The molecule has 1 aromatic carbocycles. The molecule has 10 heteroatoms. The molecule has 4 aliphatic carbocycles. The average Bonchev–Trinajstić information content (AvgIpc) is 3.17. The third-order valence-electron chi connectivity index (χ3n) is 10.4. The van der Waals surface area contributed by atoms with Crippen molar-refractivity contribution in [1.82, 2.24) is 0 Å². The predicted octanol–water partition coefficient (Wildman–Crippen LogP) is 3.35. The summed E-state index contributed by atoms with van der Waals surface area (Å²) in [6, 6.07) is 5.84. The molecule has 0 bridgehead atoms. The zero-order chi connectivity index (χ0) is 28.2. The van der Waals surface area contributed by atoms with Crippen molar-refractivity contribution < 1.29 is 39.3 Å². The number of fused-ring (bicyclic) bond motifs is 5. The molecular formula is C29H35NO9. The van der Waals surface area contributed by atoms with Crippen LogP contribution in [0.2, 0.25) is 0 Å². The number of ketones is 2. The van der Waals surface area contributed by atoms with Crippen molar-refractivity contribution in [3.8, 4) is 0 Å². The Hall–Kier alpha value is -3.11. The number of aliphatic hydroxyl groups is 2. The quantitative estimate of drug-likeness (QED) is 0.300. The number of carbonyl (C=O) groups excluding carboxylic acids is 3. The van der Waals surface area contributed by atoms with Crippen LogP contribution in [0.4, 0.5) is 0 Å². The van der Waals surface area contributed by atoms with Gasteiger partial charge in [-0.2, -0.15) is 0 Å². The fourth-order valence-corrected chi connectivity index (χ4v) is 8.35. The smallest absolute Gasteiger partial charge is 0.338 e. The van der Waals surface area contributed by atoms with Crippen molar-refractivity contribution >= 4 is 17.5 Å². The number of nitrogens with zero attached hydrogens (tertiary/aromatic N) is 1. The molecule has 0 saturated heterocycles. The fraction of sp³-hybridized carbons (Fsp3) is 0.621. The highest BCUT2D eigenvalue weighted by Gasteiger charge is 2.68. The molecule has 0 radical (unpaired) electrons. The largest absolute Gasteiger partial charge is 0.454 e. The number of benzene rings is 1. The summed E-state index contributed by atoms with van der Waals surface area (Å²) in [5.41, 5.74) is -1.08. The molecule has 10 nitrogen and oxygen atoms in total. The van der Waals surface area contributed by atoms with E-state index in [0.717, 1.165) is 18.4 Å². The highest BCUT2D eigenvalue weighted by atomic mass is 16.9. The maximum atomic E-state index is 13.4. The summed E-state index contributed by atoms with van der Waals surface area (Å²) in [7, 11) is 0. The topological polar surface area (TPSA) is 153 Å². The van der Waals surface area contributed by atoms with E-state index in [1.165, 1.54) is 24.3 Å². The average molecular weight is 542 g/mol. The molecule has 7 atom stereocenters. The summed E-state index contributed by atoms with van der Waals surface area (Å²) >= 11 is 0. The van der Waals surface area contributed by atoms with Gasteiger partial charge < -0.3 is 19.8 Å². The molecule has 3 fully saturated rings. The Morgan fingerprint density at radius 1 is 1.13 bits per heavy atom. The van der Waals surface area contributed by atoms with E-state index in [0.29, 0.717) is 24.8 Å². The Bertz CT molecular complexity index is 1230. The van der Waals surface area contributed by atoms with Crippen LogP contribution in [0.1, 0.15) is 74.7 Å². The highest BCUT2D eigenvalue weighted by Crippen LogP contribution is 2.67. The number of hydrogen-bond acceptors (Lipinski definition) is 9. The Kier molecular flexibility index (Phi) is 6.91. The van der Waals surface area contributed by atoms with E-state index < -0.39 is 40.6 Å². The number of Topliss-reactive ketones (excluding diaryl/α,β-unsaturated/α-hetero) is 1.